The van der Waals surface area contributed by atoms with Gasteiger partial charge in [-0.1, -0.05) is 12.1 Å². The van der Waals surface area contributed by atoms with E-state index >= 15 is 0 Å². The molecule has 1 N–H and O–H groups in total. The molecular formula is C22H18F3N3O3. The molecule has 3 rings (SSSR count). The molecule has 3 aromatic rings. The Labute approximate surface area is 176 Å². The molecule has 0 saturated heterocycles. The summed E-state index contributed by atoms with van der Waals surface area (Å²) in [4.78, 5) is 31.8. The number of benzene rings is 2. The number of carbonyl (C=O) groups is 2. The number of carbonyl (C=O) groups excluding carboxylic acids is 2. The van der Waals surface area contributed by atoms with Gasteiger partial charge in [-0.05, 0) is 50.2 Å². The second-order valence-corrected chi connectivity index (χ2v) is 6.72. The molecule has 0 unspecified atom stereocenters. The van der Waals surface area contributed by atoms with Crippen molar-refractivity contribution in [3.63, 3.8) is 0 Å². The van der Waals surface area contributed by atoms with Crippen molar-refractivity contribution in [2.24, 2.45) is 0 Å². The van der Waals surface area contributed by atoms with Crippen LogP contribution >= 0.6 is 0 Å². The van der Waals surface area contributed by atoms with E-state index in [9.17, 15) is 22.8 Å². The van der Waals surface area contributed by atoms with E-state index in [2.05, 4.69) is 15.3 Å². The van der Waals surface area contributed by atoms with Crippen LogP contribution in [-0.4, -0.2) is 28.3 Å². The van der Waals surface area contributed by atoms with Crippen molar-refractivity contribution >= 4 is 17.4 Å². The Hall–Kier alpha value is -3.75. The molecule has 2 aromatic carbocycles. The van der Waals surface area contributed by atoms with Gasteiger partial charge in [0.1, 0.15) is 0 Å². The van der Waals surface area contributed by atoms with Gasteiger partial charge in [-0.15, -0.1) is 0 Å². The third-order valence-electron chi connectivity index (χ3n) is 4.23. The van der Waals surface area contributed by atoms with Gasteiger partial charge in [0.25, 0.3) is 5.91 Å². The highest BCUT2D eigenvalue weighted by molar-refractivity contribution is 5.95. The molecule has 0 fully saturated rings. The number of aromatic nitrogens is 2. The van der Waals surface area contributed by atoms with Crippen LogP contribution in [0.5, 0.6) is 5.88 Å². The zero-order chi connectivity index (χ0) is 22.6. The summed E-state index contributed by atoms with van der Waals surface area (Å²) in [5, 5.41) is 2.63. The van der Waals surface area contributed by atoms with E-state index in [0.29, 0.717) is 22.5 Å². The summed E-state index contributed by atoms with van der Waals surface area (Å²) in [6.45, 7) is 2.79. The van der Waals surface area contributed by atoms with E-state index in [4.69, 9.17) is 4.74 Å². The number of hydrogen-bond acceptors (Lipinski definition) is 5. The molecule has 0 atom stereocenters. The van der Waals surface area contributed by atoms with Gasteiger partial charge in [0.05, 0.1) is 5.56 Å². The average Bonchev–Trinajstić information content (AvgIpc) is 2.72. The lowest BCUT2D eigenvalue weighted by atomic mass is 10.1. The van der Waals surface area contributed by atoms with E-state index in [1.54, 1.807) is 31.2 Å². The fourth-order valence-electron chi connectivity index (χ4n) is 2.68. The number of nitrogens with zero attached hydrogens (tertiary/aromatic N) is 2. The lowest BCUT2D eigenvalue weighted by Gasteiger charge is -2.10. The minimum absolute atomic E-state index is 0.0795. The molecule has 9 heteroatoms. The van der Waals surface area contributed by atoms with Crippen LogP contribution in [0.25, 0.3) is 11.4 Å². The summed E-state index contributed by atoms with van der Waals surface area (Å²) in [6.07, 6.45) is -4.43. The second-order valence-electron chi connectivity index (χ2n) is 6.72. The molecule has 160 valence electrons. The van der Waals surface area contributed by atoms with Gasteiger partial charge in [0, 0.05) is 28.6 Å². The average molecular weight is 429 g/mol. The molecule has 6 nitrogen and oxygen atoms in total. The van der Waals surface area contributed by atoms with Gasteiger partial charge in [0.15, 0.2) is 18.2 Å². The van der Waals surface area contributed by atoms with Crippen molar-refractivity contribution < 1.29 is 27.5 Å². The smallest absolute Gasteiger partial charge is 0.416 e. The summed E-state index contributed by atoms with van der Waals surface area (Å²) >= 11 is 0. The monoisotopic (exact) mass is 429 g/mol. The summed E-state index contributed by atoms with van der Waals surface area (Å²) < 4.78 is 43.6. The molecular weight excluding hydrogens is 411 g/mol. The fourth-order valence-corrected chi connectivity index (χ4v) is 2.68. The van der Waals surface area contributed by atoms with Crippen molar-refractivity contribution in [1.82, 2.24) is 9.97 Å². The minimum atomic E-state index is -4.43. The van der Waals surface area contributed by atoms with Gasteiger partial charge in [-0.25, -0.2) is 4.98 Å². The molecule has 0 aliphatic carbocycles. The van der Waals surface area contributed by atoms with Crippen LogP contribution in [0.15, 0.2) is 54.6 Å². The van der Waals surface area contributed by atoms with Crippen LogP contribution in [0.1, 0.15) is 28.5 Å². The number of ether oxygens (including phenoxy) is 1. The Morgan fingerprint density at radius 3 is 2.23 bits per heavy atom. The maximum Gasteiger partial charge on any atom is 0.416 e. The summed E-state index contributed by atoms with van der Waals surface area (Å²) in [7, 11) is 0. The molecule has 0 radical (unpaired) electrons. The van der Waals surface area contributed by atoms with Crippen LogP contribution < -0.4 is 10.1 Å². The van der Waals surface area contributed by atoms with Gasteiger partial charge in [0.2, 0.25) is 5.88 Å². The highest BCUT2D eigenvalue weighted by Crippen LogP contribution is 2.30. The van der Waals surface area contributed by atoms with Gasteiger partial charge in [-0.2, -0.15) is 18.2 Å². The number of nitrogens with one attached hydrogen (secondary N) is 1. The zero-order valence-corrected chi connectivity index (χ0v) is 16.7. The zero-order valence-electron chi connectivity index (χ0n) is 16.7. The van der Waals surface area contributed by atoms with Crippen LogP contribution in [0, 0.1) is 6.92 Å². The predicted molar refractivity (Wildman–Crippen MR) is 108 cm³/mol. The van der Waals surface area contributed by atoms with Crippen molar-refractivity contribution in [3.8, 4) is 17.3 Å². The Morgan fingerprint density at radius 1 is 1.00 bits per heavy atom. The molecule has 31 heavy (non-hydrogen) atoms. The first kappa shape index (κ1) is 21.9. The summed E-state index contributed by atoms with van der Waals surface area (Å²) in [6, 6.07) is 12.4. The first-order valence-electron chi connectivity index (χ1n) is 9.19. The Balaban J connectivity index is 1.66. The van der Waals surface area contributed by atoms with Crippen molar-refractivity contribution in [2.75, 3.05) is 11.9 Å². The second kappa shape index (κ2) is 8.95. The highest BCUT2D eigenvalue weighted by Gasteiger charge is 2.30. The minimum Gasteiger partial charge on any atom is -0.467 e. The number of alkyl halides is 3. The number of amides is 1. The topological polar surface area (TPSA) is 81.2 Å². The van der Waals surface area contributed by atoms with E-state index in [1.807, 2.05) is 0 Å². The van der Waals surface area contributed by atoms with Crippen LogP contribution in [0.2, 0.25) is 0 Å². The van der Waals surface area contributed by atoms with Crippen molar-refractivity contribution in [3.05, 3.63) is 71.4 Å². The number of anilines is 1. The van der Waals surface area contributed by atoms with Crippen LogP contribution in [0.4, 0.5) is 18.9 Å². The first-order valence-corrected chi connectivity index (χ1v) is 9.19. The number of Topliss-reactive ketones (excluding diaryl/α,β-unsaturated/α-hetero) is 1. The maximum atomic E-state index is 12.7. The van der Waals surface area contributed by atoms with Gasteiger partial charge < -0.3 is 10.1 Å². The number of rotatable bonds is 6. The molecule has 0 saturated carbocycles. The van der Waals surface area contributed by atoms with Crippen molar-refractivity contribution in [1.29, 1.82) is 0 Å². The third-order valence-corrected chi connectivity index (χ3v) is 4.23. The van der Waals surface area contributed by atoms with Crippen LogP contribution in [-0.2, 0) is 11.0 Å². The SMILES string of the molecule is CC(=O)c1ccc(NC(=O)COc2cc(C)nc(-c3ccc(C(F)(F)F)cc3)n2)cc1. The van der Waals surface area contributed by atoms with Gasteiger partial charge in [-0.3, -0.25) is 9.59 Å². The lowest BCUT2D eigenvalue weighted by Crippen LogP contribution is -2.20. The third kappa shape index (κ3) is 5.88. The van der Waals surface area contributed by atoms with Crippen molar-refractivity contribution in [2.45, 2.75) is 20.0 Å². The standard InChI is InChI=1S/C22H18F3N3O3/c1-13-11-20(28-21(26-13)16-3-7-17(8-4-16)22(23,24)25)31-12-19(30)27-18-9-5-15(6-10-18)14(2)29/h3-11H,12H2,1-2H3,(H,27,30). The molecule has 1 heterocycles. The first-order chi connectivity index (χ1) is 14.6. The summed E-state index contributed by atoms with van der Waals surface area (Å²) in [5.41, 5.74) is 1.18. The molecule has 0 aliphatic heterocycles. The van der Waals surface area contributed by atoms with Gasteiger partial charge >= 0.3 is 6.18 Å². The number of halogens is 3. The Bertz CT molecular complexity index is 1100. The van der Waals surface area contributed by atoms with Crippen LogP contribution in [0.3, 0.4) is 0 Å². The molecule has 0 spiro atoms. The highest BCUT2D eigenvalue weighted by atomic mass is 19.4. The predicted octanol–water partition coefficient (Wildman–Crippen LogP) is 4.69. The van der Waals surface area contributed by atoms with E-state index in [-0.39, 0.29) is 24.1 Å². The molecule has 0 bridgehead atoms. The molecule has 1 amide bonds. The van der Waals surface area contributed by atoms with E-state index in [1.165, 1.54) is 25.1 Å². The van der Waals surface area contributed by atoms with E-state index in [0.717, 1.165) is 12.1 Å². The van der Waals surface area contributed by atoms with E-state index < -0.39 is 17.6 Å². The lowest BCUT2D eigenvalue weighted by molar-refractivity contribution is -0.137. The number of hydrogen-bond donors (Lipinski definition) is 1. The fraction of sp³-hybridized carbons (Fsp3) is 0.182. The normalized spacial score (nSPS) is 11.1. The quantitative estimate of drug-likeness (QED) is 0.575. The number of ketones is 1. The Kier molecular flexibility index (Phi) is 6.33. The maximum absolute atomic E-state index is 12.7. The summed E-state index contributed by atoms with van der Waals surface area (Å²) in [5.74, 6) is -0.222. The Morgan fingerprint density at radius 2 is 1.65 bits per heavy atom. The largest absolute Gasteiger partial charge is 0.467 e. The molecule has 1 aromatic heterocycles. The number of aryl methyl sites for hydroxylation is 1. The molecule has 0 aliphatic rings.